The lowest BCUT2D eigenvalue weighted by atomic mass is 10.2. The molecule has 16 heavy (non-hydrogen) atoms. The fourth-order valence-electron chi connectivity index (χ4n) is 1.66. The van der Waals surface area contributed by atoms with Crippen LogP contribution in [-0.4, -0.2) is 26.9 Å². The van der Waals surface area contributed by atoms with Crippen molar-refractivity contribution in [3.63, 3.8) is 0 Å². The second-order valence-corrected chi connectivity index (χ2v) is 5.88. The van der Waals surface area contributed by atoms with Gasteiger partial charge in [0.1, 0.15) is 5.25 Å². The molecule has 0 spiro atoms. The van der Waals surface area contributed by atoms with Crippen LogP contribution in [-0.2, 0) is 21.3 Å². The zero-order chi connectivity index (χ0) is 11.4. The topological polar surface area (TPSA) is 55.4 Å². The Labute approximate surface area is 95.7 Å². The molecule has 1 fully saturated rings. The molecule has 1 aliphatic heterocycles. The number of sulfonamides is 1. The highest BCUT2D eigenvalue weighted by Gasteiger charge is 2.28. The summed E-state index contributed by atoms with van der Waals surface area (Å²) in [5, 5.41) is -0.392. The van der Waals surface area contributed by atoms with Gasteiger partial charge in [-0.05, 0) is 12.0 Å². The Morgan fingerprint density at radius 3 is 2.69 bits per heavy atom. The molecule has 88 valence electrons. The molecule has 1 aromatic rings. The van der Waals surface area contributed by atoms with Gasteiger partial charge in [0.2, 0.25) is 10.0 Å². The maximum absolute atomic E-state index is 11.8. The molecular formula is C11H15NO3S. The first-order chi connectivity index (χ1) is 7.68. The smallest absolute Gasteiger partial charge is 0.217 e. The standard InChI is InChI=1S/C11H15NO3S/c13-16(14,11-6-7-15-9-11)12-8-10-4-2-1-3-5-10/h1-5,11-12H,6-9H2. The number of hydrogen-bond donors (Lipinski definition) is 1. The molecule has 2 rings (SSSR count). The lowest BCUT2D eigenvalue weighted by molar-refractivity contribution is 0.198. The van der Waals surface area contributed by atoms with Gasteiger partial charge in [0.25, 0.3) is 0 Å². The normalized spacial score (nSPS) is 21.1. The van der Waals surface area contributed by atoms with Gasteiger partial charge in [-0.2, -0.15) is 0 Å². The van der Waals surface area contributed by atoms with Crippen molar-refractivity contribution in [3.05, 3.63) is 35.9 Å². The number of hydrogen-bond acceptors (Lipinski definition) is 3. The van der Waals surface area contributed by atoms with Crippen LogP contribution in [0, 0.1) is 0 Å². The predicted molar refractivity (Wildman–Crippen MR) is 61.4 cm³/mol. The Balaban J connectivity index is 1.94. The van der Waals surface area contributed by atoms with Crippen LogP contribution in [0.25, 0.3) is 0 Å². The number of nitrogens with one attached hydrogen (secondary N) is 1. The summed E-state index contributed by atoms with van der Waals surface area (Å²) in [5.74, 6) is 0. The Morgan fingerprint density at radius 1 is 1.31 bits per heavy atom. The van der Waals surface area contributed by atoms with E-state index in [-0.39, 0.29) is 0 Å². The van der Waals surface area contributed by atoms with Crippen molar-refractivity contribution < 1.29 is 13.2 Å². The van der Waals surface area contributed by atoms with Gasteiger partial charge in [-0.1, -0.05) is 30.3 Å². The maximum Gasteiger partial charge on any atom is 0.217 e. The average molecular weight is 241 g/mol. The molecule has 0 amide bonds. The quantitative estimate of drug-likeness (QED) is 0.852. The zero-order valence-corrected chi connectivity index (χ0v) is 9.74. The summed E-state index contributed by atoms with van der Waals surface area (Å²) in [7, 11) is -3.23. The minimum absolute atomic E-state index is 0.310. The van der Waals surface area contributed by atoms with E-state index in [0.29, 0.717) is 26.2 Å². The molecular weight excluding hydrogens is 226 g/mol. The van der Waals surface area contributed by atoms with E-state index in [9.17, 15) is 8.42 Å². The van der Waals surface area contributed by atoms with Crippen LogP contribution in [0.4, 0.5) is 0 Å². The maximum atomic E-state index is 11.8. The van der Waals surface area contributed by atoms with Gasteiger partial charge in [0, 0.05) is 13.2 Å². The van der Waals surface area contributed by atoms with E-state index in [0.717, 1.165) is 5.56 Å². The molecule has 4 nitrogen and oxygen atoms in total. The monoisotopic (exact) mass is 241 g/mol. The van der Waals surface area contributed by atoms with Gasteiger partial charge in [-0.15, -0.1) is 0 Å². The summed E-state index contributed by atoms with van der Waals surface area (Å²) in [6.45, 7) is 1.20. The number of rotatable bonds is 4. The van der Waals surface area contributed by atoms with Crippen molar-refractivity contribution in [2.45, 2.75) is 18.2 Å². The van der Waals surface area contributed by atoms with Gasteiger partial charge in [0.05, 0.1) is 6.61 Å². The fraction of sp³-hybridized carbons (Fsp3) is 0.455. The van der Waals surface area contributed by atoms with Gasteiger partial charge in [-0.25, -0.2) is 13.1 Å². The van der Waals surface area contributed by atoms with E-state index in [2.05, 4.69) is 4.72 Å². The summed E-state index contributed by atoms with van der Waals surface area (Å²) >= 11 is 0. The molecule has 1 unspecified atom stereocenters. The first-order valence-electron chi connectivity index (χ1n) is 5.28. The summed E-state index contributed by atoms with van der Waals surface area (Å²) in [4.78, 5) is 0. The van der Waals surface area contributed by atoms with Crippen LogP contribution in [0.3, 0.4) is 0 Å². The van der Waals surface area contributed by atoms with Crippen molar-refractivity contribution in [1.29, 1.82) is 0 Å². The highest BCUT2D eigenvalue weighted by molar-refractivity contribution is 7.90. The van der Waals surface area contributed by atoms with E-state index in [4.69, 9.17) is 4.74 Å². The van der Waals surface area contributed by atoms with Crippen molar-refractivity contribution in [1.82, 2.24) is 4.72 Å². The Hall–Kier alpha value is -0.910. The van der Waals surface area contributed by atoms with E-state index in [1.807, 2.05) is 30.3 Å². The van der Waals surface area contributed by atoms with Crippen LogP contribution < -0.4 is 4.72 Å². The molecule has 1 atom stereocenters. The molecule has 0 radical (unpaired) electrons. The fourth-order valence-corrected chi connectivity index (χ4v) is 2.94. The minimum atomic E-state index is -3.23. The molecule has 1 N–H and O–H groups in total. The lowest BCUT2D eigenvalue weighted by Gasteiger charge is -2.11. The van der Waals surface area contributed by atoms with Gasteiger partial charge < -0.3 is 4.74 Å². The molecule has 0 saturated carbocycles. The third-order valence-electron chi connectivity index (χ3n) is 2.65. The third-order valence-corrected chi connectivity index (χ3v) is 4.44. The van der Waals surface area contributed by atoms with Crippen molar-refractivity contribution in [3.8, 4) is 0 Å². The molecule has 1 aliphatic rings. The summed E-state index contributed by atoms with van der Waals surface area (Å²) in [5.41, 5.74) is 0.963. The average Bonchev–Trinajstić information content (AvgIpc) is 2.82. The zero-order valence-electron chi connectivity index (χ0n) is 8.93. The van der Waals surface area contributed by atoms with Crippen LogP contribution in [0.2, 0.25) is 0 Å². The van der Waals surface area contributed by atoms with E-state index < -0.39 is 15.3 Å². The Morgan fingerprint density at radius 2 is 2.06 bits per heavy atom. The van der Waals surface area contributed by atoms with E-state index >= 15 is 0 Å². The predicted octanol–water partition coefficient (Wildman–Crippen LogP) is 0.895. The van der Waals surface area contributed by atoms with Gasteiger partial charge in [0.15, 0.2) is 0 Å². The largest absolute Gasteiger partial charge is 0.380 e. The second-order valence-electron chi connectivity index (χ2n) is 3.84. The molecule has 5 heteroatoms. The SMILES string of the molecule is O=S(=O)(NCc1ccccc1)C1CCOC1. The Kier molecular flexibility index (Phi) is 3.58. The number of benzene rings is 1. The molecule has 0 bridgehead atoms. The van der Waals surface area contributed by atoms with Crippen LogP contribution in [0.1, 0.15) is 12.0 Å². The molecule has 0 aliphatic carbocycles. The van der Waals surface area contributed by atoms with Gasteiger partial charge in [-0.3, -0.25) is 0 Å². The molecule has 1 aromatic carbocycles. The molecule has 1 heterocycles. The highest BCUT2D eigenvalue weighted by Crippen LogP contribution is 2.13. The highest BCUT2D eigenvalue weighted by atomic mass is 32.2. The minimum Gasteiger partial charge on any atom is -0.380 e. The first-order valence-corrected chi connectivity index (χ1v) is 6.83. The second kappa shape index (κ2) is 4.95. The molecule has 0 aromatic heterocycles. The third kappa shape index (κ3) is 2.81. The number of ether oxygens (including phenoxy) is 1. The summed E-state index contributed by atoms with van der Waals surface area (Å²) in [6.07, 6.45) is 0.587. The van der Waals surface area contributed by atoms with Crippen LogP contribution in [0.5, 0.6) is 0 Å². The summed E-state index contributed by atoms with van der Waals surface area (Å²) < 4.78 is 31.3. The van der Waals surface area contributed by atoms with Crippen molar-refractivity contribution >= 4 is 10.0 Å². The Bertz CT molecular complexity index is 424. The van der Waals surface area contributed by atoms with Gasteiger partial charge >= 0.3 is 0 Å². The first kappa shape index (κ1) is 11.6. The molecule has 1 saturated heterocycles. The van der Waals surface area contributed by atoms with Crippen LogP contribution in [0.15, 0.2) is 30.3 Å². The summed E-state index contributed by atoms with van der Waals surface area (Å²) in [6, 6.07) is 9.48. The van der Waals surface area contributed by atoms with Crippen LogP contribution >= 0.6 is 0 Å². The van der Waals surface area contributed by atoms with E-state index in [1.54, 1.807) is 0 Å². The lowest BCUT2D eigenvalue weighted by Crippen LogP contribution is -2.34. The van der Waals surface area contributed by atoms with E-state index in [1.165, 1.54) is 0 Å². The van der Waals surface area contributed by atoms with Crippen molar-refractivity contribution in [2.24, 2.45) is 0 Å². The van der Waals surface area contributed by atoms with Crippen molar-refractivity contribution in [2.75, 3.05) is 13.2 Å².